The van der Waals surface area contributed by atoms with Gasteiger partial charge in [0, 0.05) is 6.04 Å². The van der Waals surface area contributed by atoms with E-state index in [-0.39, 0.29) is 12.1 Å². The second-order valence-corrected chi connectivity index (χ2v) is 4.96. The van der Waals surface area contributed by atoms with Crippen LogP contribution in [0.4, 0.5) is 0 Å². The van der Waals surface area contributed by atoms with Crippen LogP contribution < -0.4 is 5.32 Å². The lowest BCUT2D eigenvalue weighted by Gasteiger charge is -2.29. The van der Waals surface area contributed by atoms with Crippen molar-refractivity contribution in [1.29, 1.82) is 0 Å². The number of benzene rings is 1. The van der Waals surface area contributed by atoms with Gasteiger partial charge in [0.2, 0.25) is 0 Å². The molecule has 0 bridgehead atoms. The Balaban J connectivity index is 2.17. The highest BCUT2D eigenvalue weighted by molar-refractivity contribution is 5.28. The highest BCUT2D eigenvalue weighted by atomic mass is 16.3. The third kappa shape index (κ3) is 2.45. The van der Waals surface area contributed by atoms with Gasteiger partial charge in [-0.05, 0) is 37.3 Å². The maximum atomic E-state index is 9.58. The molecule has 88 valence electrons. The quantitative estimate of drug-likeness (QED) is 0.796. The lowest BCUT2D eigenvalue weighted by atomic mass is 9.91. The molecule has 1 fully saturated rings. The first-order chi connectivity index (χ1) is 7.68. The third-order valence-electron chi connectivity index (χ3n) is 3.42. The molecule has 1 unspecified atom stereocenters. The van der Waals surface area contributed by atoms with Crippen LogP contribution in [0.25, 0.3) is 0 Å². The van der Waals surface area contributed by atoms with Gasteiger partial charge in [-0.15, -0.1) is 0 Å². The van der Waals surface area contributed by atoms with Crippen LogP contribution in [-0.4, -0.2) is 17.8 Å². The maximum absolute atomic E-state index is 9.58. The topological polar surface area (TPSA) is 32.3 Å². The summed E-state index contributed by atoms with van der Waals surface area (Å²) in [5, 5.41) is 13.1. The summed E-state index contributed by atoms with van der Waals surface area (Å²) in [6.45, 7) is 4.38. The van der Waals surface area contributed by atoms with E-state index >= 15 is 0 Å². The molecule has 0 aliphatic heterocycles. The van der Waals surface area contributed by atoms with E-state index in [2.05, 4.69) is 43.4 Å². The maximum Gasteiger partial charge on any atom is 0.0652 e. The number of aliphatic hydroxyl groups is 1. The van der Waals surface area contributed by atoms with Crippen LogP contribution in [0, 0.1) is 0 Å². The average molecular weight is 219 g/mol. The van der Waals surface area contributed by atoms with E-state index in [1.807, 2.05) is 0 Å². The van der Waals surface area contributed by atoms with Crippen molar-refractivity contribution in [2.75, 3.05) is 6.61 Å². The van der Waals surface area contributed by atoms with Crippen LogP contribution >= 0.6 is 0 Å². The summed E-state index contributed by atoms with van der Waals surface area (Å²) >= 11 is 0. The van der Waals surface area contributed by atoms with E-state index in [9.17, 15) is 5.11 Å². The van der Waals surface area contributed by atoms with E-state index < -0.39 is 0 Å². The molecule has 0 heterocycles. The number of aliphatic hydroxyl groups excluding tert-OH is 1. The van der Waals surface area contributed by atoms with Crippen molar-refractivity contribution in [2.24, 2.45) is 0 Å². The number of rotatable bonds is 5. The van der Waals surface area contributed by atoms with Gasteiger partial charge in [0.05, 0.1) is 12.1 Å². The normalized spacial score (nSPS) is 19.4. The monoisotopic (exact) mass is 219 g/mol. The van der Waals surface area contributed by atoms with Gasteiger partial charge in [-0.2, -0.15) is 0 Å². The summed E-state index contributed by atoms with van der Waals surface area (Å²) in [5.74, 6) is 0. The van der Waals surface area contributed by atoms with Crippen LogP contribution in [0.2, 0.25) is 0 Å². The van der Waals surface area contributed by atoms with Crippen LogP contribution in [0.5, 0.6) is 0 Å². The van der Waals surface area contributed by atoms with Crippen LogP contribution in [0.1, 0.15) is 37.8 Å². The molecule has 2 rings (SSSR count). The number of nitrogens with one attached hydrogen (secondary N) is 1. The zero-order valence-electron chi connectivity index (χ0n) is 10.2. The van der Waals surface area contributed by atoms with E-state index in [0.717, 1.165) is 6.42 Å². The highest BCUT2D eigenvalue weighted by Gasteiger charge is 2.33. The molecule has 0 radical (unpaired) electrons. The van der Waals surface area contributed by atoms with E-state index in [1.165, 1.54) is 24.0 Å². The Kier molecular flexibility index (Phi) is 3.31. The Labute approximate surface area is 97.7 Å². The fourth-order valence-corrected chi connectivity index (χ4v) is 2.01. The average Bonchev–Trinajstić information content (AvgIpc) is 3.13. The van der Waals surface area contributed by atoms with Crippen molar-refractivity contribution in [2.45, 2.75) is 44.7 Å². The summed E-state index contributed by atoms with van der Waals surface area (Å²) in [6.07, 6.45) is 3.54. The predicted octanol–water partition coefficient (Wildman–Crippen LogP) is 2.21. The molecule has 0 saturated heterocycles. The van der Waals surface area contributed by atoms with Gasteiger partial charge in [-0.25, -0.2) is 0 Å². The molecule has 1 aromatic rings. The van der Waals surface area contributed by atoms with Crippen molar-refractivity contribution in [3.8, 4) is 0 Å². The zero-order valence-corrected chi connectivity index (χ0v) is 10.2. The van der Waals surface area contributed by atoms with E-state index in [1.54, 1.807) is 0 Å². The van der Waals surface area contributed by atoms with Crippen molar-refractivity contribution < 1.29 is 5.11 Å². The van der Waals surface area contributed by atoms with Gasteiger partial charge < -0.3 is 10.4 Å². The molecule has 2 heteroatoms. The fraction of sp³-hybridized carbons (Fsp3) is 0.571. The number of hydrogen-bond acceptors (Lipinski definition) is 2. The molecule has 0 aromatic heterocycles. The molecule has 1 aliphatic carbocycles. The molecule has 2 N–H and O–H groups in total. The van der Waals surface area contributed by atoms with Gasteiger partial charge in [-0.1, -0.05) is 31.2 Å². The molecule has 2 nitrogen and oxygen atoms in total. The largest absolute Gasteiger partial charge is 0.394 e. The number of aryl methyl sites for hydroxylation is 1. The van der Waals surface area contributed by atoms with Crippen molar-refractivity contribution in [3.63, 3.8) is 0 Å². The summed E-state index contributed by atoms with van der Waals surface area (Å²) in [4.78, 5) is 0. The van der Waals surface area contributed by atoms with Gasteiger partial charge >= 0.3 is 0 Å². The number of hydrogen-bond donors (Lipinski definition) is 2. The molecule has 16 heavy (non-hydrogen) atoms. The Hall–Kier alpha value is -0.860. The van der Waals surface area contributed by atoms with Crippen LogP contribution in [-0.2, 0) is 12.0 Å². The second kappa shape index (κ2) is 4.56. The van der Waals surface area contributed by atoms with E-state index in [0.29, 0.717) is 6.04 Å². The van der Waals surface area contributed by atoms with Gasteiger partial charge in [-0.3, -0.25) is 0 Å². The minimum atomic E-state index is -0.284. The van der Waals surface area contributed by atoms with Gasteiger partial charge in [0.25, 0.3) is 0 Å². The predicted molar refractivity (Wildman–Crippen MR) is 66.4 cm³/mol. The SMILES string of the molecule is CCc1ccc(C(C)(CO)NC2CC2)cc1. The second-order valence-electron chi connectivity index (χ2n) is 4.96. The third-order valence-corrected chi connectivity index (χ3v) is 3.42. The highest BCUT2D eigenvalue weighted by Crippen LogP contribution is 2.28. The minimum Gasteiger partial charge on any atom is -0.394 e. The Morgan fingerprint density at radius 1 is 1.31 bits per heavy atom. The van der Waals surface area contributed by atoms with Crippen molar-refractivity contribution >= 4 is 0 Å². The Bertz CT molecular complexity index is 342. The van der Waals surface area contributed by atoms with Gasteiger partial charge in [0.15, 0.2) is 0 Å². The Morgan fingerprint density at radius 3 is 2.38 bits per heavy atom. The molecule has 0 amide bonds. The molecular formula is C14H21NO. The summed E-state index contributed by atoms with van der Waals surface area (Å²) in [5.41, 5.74) is 2.24. The van der Waals surface area contributed by atoms with Gasteiger partial charge in [0.1, 0.15) is 0 Å². The summed E-state index contributed by atoms with van der Waals surface area (Å²) in [7, 11) is 0. The molecule has 0 spiro atoms. The molecule has 1 aromatic carbocycles. The summed E-state index contributed by atoms with van der Waals surface area (Å²) in [6, 6.07) is 9.16. The minimum absolute atomic E-state index is 0.148. The summed E-state index contributed by atoms with van der Waals surface area (Å²) < 4.78 is 0. The molecule has 1 atom stereocenters. The standard InChI is InChI=1S/C14H21NO/c1-3-11-4-6-12(7-5-11)14(2,10-16)15-13-8-9-13/h4-7,13,15-16H,3,8-10H2,1-2H3. The van der Waals surface area contributed by atoms with Crippen LogP contribution in [0.15, 0.2) is 24.3 Å². The van der Waals surface area contributed by atoms with Crippen molar-refractivity contribution in [3.05, 3.63) is 35.4 Å². The van der Waals surface area contributed by atoms with Crippen molar-refractivity contribution in [1.82, 2.24) is 5.32 Å². The first kappa shape index (κ1) is 11.6. The molecule has 1 saturated carbocycles. The molecule has 1 aliphatic rings. The lowest BCUT2D eigenvalue weighted by molar-refractivity contribution is 0.173. The zero-order chi connectivity index (χ0) is 11.6. The molecular weight excluding hydrogens is 198 g/mol. The smallest absolute Gasteiger partial charge is 0.0652 e. The fourth-order valence-electron chi connectivity index (χ4n) is 2.01. The van der Waals surface area contributed by atoms with E-state index in [4.69, 9.17) is 0 Å². The first-order valence-electron chi connectivity index (χ1n) is 6.16. The van der Waals surface area contributed by atoms with Crippen LogP contribution in [0.3, 0.4) is 0 Å². The Morgan fingerprint density at radius 2 is 1.94 bits per heavy atom. The first-order valence-corrected chi connectivity index (χ1v) is 6.16. The lowest BCUT2D eigenvalue weighted by Crippen LogP contribution is -2.44.